The van der Waals surface area contributed by atoms with E-state index in [1.807, 2.05) is 24.3 Å². The van der Waals surface area contributed by atoms with Crippen molar-refractivity contribution in [1.29, 1.82) is 0 Å². The predicted molar refractivity (Wildman–Crippen MR) is 107 cm³/mol. The number of hydrogen-bond acceptors (Lipinski definition) is 2. The molecule has 0 aliphatic rings. The van der Waals surface area contributed by atoms with Gasteiger partial charge in [0.15, 0.2) is 0 Å². The Kier molecular flexibility index (Phi) is 8.53. The molecule has 0 bridgehead atoms. The van der Waals surface area contributed by atoms with Gasteiger partial charge in [0.25, 0.3) is 0 Å². The van der Waals surface area contributed by atoms with Gasteiger partial charge < -0.3 is 10.1 Å². The highest BCUT2D eigenvalue weighted by atomic mass is 79.9. The fourth-order valence-corrected chi connectivity index (χ4v) is 2.82. The second kappa shape index (κ2) is 10.9. The largest absolute Gasteiger partial charge is 0.493 e. The number of hydrogen-bond donors (Lipinski definition) is 1. The number of rotatable bonds is 10. The molecule has 25 heavy (non-hydrogen) atoms. The smallest absolute Gasteiger partial charge is 0.224 e. The normalized spacial score (nSPS) is 10.5. The van der Waals surface area contributed by atoms with Crippen LogP contribution in [0.4, 0.5) is 0 Å². The first-order valence-electron chi connectivity index (χ1n) is 8.77. The van der Waals surface area contributed by atoms with E-state index in [-0.39, 0.29) is 5.91 Å². The van der Waals surface area contributed by atoms with Gasteiger partial charge in [0, 0.05) is 11.9 Å². The zero-order valence-corrected chi connectivity index (χ0v) is 16.3. The van der Waals surface area contributed by atoms with Crippen LogP contribution in [-0.2, 0) is 17.6 Å². The van der Waals surface area contributed by atoms with E-state index in [0.717, 1.165) is 42.5 Å². The summed E-state index contributed by atoms with van der Waals surface area (Å²) >= 11 is 3.33. The molecular formula is C21H26BrNO2. The van der Waals surface area contributed by atoms with E-state index in [9.17, 15) is 4.79 Å². The van der Waals surface area contributed by atoms with Gasteiger partial charge in [-0.3, -0.25) is 4.79 Å². The number of amides is 1. The second-order valence-electron chi connectivity index (χ2n) is 6.15. The summed E-state index contributed by atoms with van der Waals surface area (Å²) in [6.45, 7) is 3.49. The first-order chi connectivity index (χ1) is 12.2. The van der Waals surface area contributed by atoms with Crippen molar-refractivity contribution in [3.05, 3.63) is 65.2 Å². The maximum atomic E-state index is 12.0. The van der Waals surface area contributed by atoms with E-state index in [0.29, 0.717) is 13.0 Å². The van der Waals surface area contributed by atoms with Crippen LogP contribution in [0, 0.1) is 6.92 Å². The number of carbonyl (C=O) groups is 1. The molecule has 0 radical (unpaired) electrons. The van der Waals surface area contributed by atoms with Crippen molar-refractivity contribution in [2.24, 2.45) is 0 Å². The Morgan fingerprint density at radius 3 is 2.60 bits per heavy atom. The SMILES string of the molecule is Cc1cccc(CCCCNC(=O)Cc2ccc(OCCBr)cc2)c1. The van der Waals surface area contributed by atoms with Crippen molar-refractivity contribution < 1.29 is 9.53 Å². The van der Waals surface area contributed by atoms with E-state index in [2.05, 4.69) is 52.4 Å². The topological polar surface area (TPSA) is 38.3 Å². The lowest BCUT2D eigenvalue weighted by Gasteiger charge is -2.07. The third kappa shape index (κ3) is 7.74. The van der Waals surface area contributed by atoms with Crippen LogP contribution in [0.25, 0.3) is 0 Å². The van der Waals surface area contributed by atoms with Crippen LogP contribution in [0.1, 0.15) is 29.5 Å². The Morgan fingerprint density at radius 2 is 1.88 bits per heavy atom. The fourth-order valence-electron chi connectivity index (χ4n) is 2.66. The summed E-state index contributed by atoms with van der Waals surface area (Å²) < 4.78 is 5.50. The van der Waals surface area contributed by atoms with Gasteiger partial charge in [-0.2, -0.15) is 0 Å². The van der Waals surface area contributed by atoms with E-state index in [4.69, 9.17) is 4.74 Å². The number of halogens is 1. The van der Waals surface area contributed by atoms with E-state index in [1.54, 1.807) is 0 Å². The number of carbonyl (C=O) groups excluding carboxylic acids is 1. The van der Waals surface area contributed by atoms with Gasteiger partial charge >= 0.3 is 0 Å². The Labute approximate surface area is 158 Å². The summed E-state index contributed by atoms with van der Waals surface area (Å²) in [5.41, 5.74) is 3.67. The highest BCUT2D eigenvalue weighted by Crippen LogP contribution is 2.13. The molecule has 1 amide bonds. The Bertz CT molecular complexity index is 655. The number of ether oxygens (including phenoxy) is 1. The summed E-state index contributed by atoms with van der Waals surface area (Å²) in [6.07, 6.45) is 3.56. The highest BCUT2D eigenvalue weighted by Gasteiger charge is 2.03. The molecule has 1 N–H and O–H groups in total. The summed E-state index contributed by atoms with van der Waals surface area (Å²) in [6, 6.07) is 16.3. The molecule has 2 rings (SSSR count). The summed E-state index contributed by atoms with van der Waals surface area (Å²) in [5, 5.41) is 3.81. The standard InChI is InChI=1S/C21H26BrNO2/c1-17-5-4-7-18(15-17)6-2-3-13-23-21(24)16-19-8-10-20(11-9-19)25-14-12-22/h4-5,7-11,15H,2-3,6,12-14,16H2,1H3,(H,23,24). The number of benzene rings is 2. The quantitative estimate of drug-likeness (QED) is 0.469. The molecule has 0 fully saturated rings. The Balaban J connectivity index is 1.62. The molecule has 0 aliphatic heterocycles. The van der Waals surface area contributed by atoms with Crippen molar-refractivity contribution in [2.45, 2.75) is 32.6 Å². The molecule has 0 spiro atoms. The molecule has 2 aromatic rings. The van der Waals surface area contributed by atoms with Crippen molar-refractivity contribution in [3.63, 3.8) is 0 Å². The molecule has 0 saturated heterocycles. The highest BCUT2D eigenvalue weighted by molar-refractivity contribution is 9.09. The van der Waals surface area contributed by atoms with Crippen LogP contribution in [0.15, 0.2) is 48.5 Å². The molecule has 0 aromatic heterocycles. The monoisotopic (exact) mass is 403 g/mol. The maximum Gasteiger partial charge on any atom is 0.224 e. The van der Waals surface area contributed by atoms with Crippen LogP contribution < -0.4 is 10.1 Å². The fraction of sp³-hybridized carbons (Fsp3) is 0.381. The van der Waals surface area contributed by atoms with Gasteiger partial charge in [0.05, 0.1) is 13.0 Å². The molecule has 0 unspecified atom stereocenters. The van der Waals surface area contributed by atoms with E-state index >= 15 is 0 Å². The third-order valence-corrected chi connectivity index (χ3v) is 4.25. The zero-order valence-electron chi connectivity index (χ0n) is 14.8. The lowest BCUT2D eigenvalue weighted by Crippen LogP contribution is -2.26. The van der Waals surface area contributed by atoms with Gasteiger partial charge in [-0.1, -0.05) is 57.9 Å². The number of unbranched alkanes of at least 4 members (excludes halogenated alkanes) is 1. The van der Waals surface area contributed by atoms with Gasteiger partial charge in [-0.05, 0) is 49.4 Å². The molecule has 4 heteroatoms. The molecule has 134 valence electrons. The van der Waals surface area contributed by atoms with Crippen LogP contribution in [0.5, 0.6) is 5.75 Å². The van der Waals surface area contributed by atoms with Gasteiger partial charge in [0.2, 0.25) is 5.91 Å². The molecular weight excluding hydrogens is 378 g/mol. The second-order valence-corrected chi connectivity index (χ2v) is 6.95. The van der Waals surface area contributed by atoms with Crippen LogP contribution in [-0.4, -0.2) is 24.4 Å². The maximum absolute atomic E-state index is 12.0. The Hall–Kier alpha value is -1.81. The number of aryl methyl sites for hydroxylation is 2. The third-order valence-electron chi connectivity index (χ3n) is 3.93. The minimum atomic E-state index is 0.0738. The molecule has 0 aliphatic carbocycles. The van der Waals surface area contributed by atoms with Crippen molar-refractivity contribution in [1.82, 2.24) is 5.32 Å². The van der Waals surface area contributed by atoms with Crippen molar-refractivity contribution in [2.75, 3.05) is 18.5 Å². The van der Waals surface area contributed by atoms with Crippen LogP contribution in [0.2, 0.25) is 0 Å². The number of nitrogens with one attached hydrogen (secondary N) is 1. The van der Waals surface area contributed by atoms with Crippen LogP contribution in [0.3, 0.4) is 0 Å². The van der Waals surface area contributed by atoms with Gasteiger partial charge in [0.1, 0.15) is 5.75 Å². The Morgan fingerprint density at radius 1 is 1.08 bits per heavy atom. The minimum absolute atomic E-state index is 0.0738. The lowest BCUT2D eigenvalue weighted by atomic mass is 10.1. The van der Waals surface area contributed by atoms with Crippen molar-refractivity contribution in [3.8, 4) is 5.75 Å². The average Bonchev–Trinajstić information content (AvgIpc) is 2.61. The predicted octanol–water partition coefficient (Wildman–Crippen LogP) is 4.45. The zero-order chi connectivity index (χ0) is 17.9. The van der Waals surface area contributed by atoms with Crippen molar-refractivity contribution >= 4 is 21.8 Å². The average molecular weight is 404 g/mol. The summed E-state index contributed by atoms with van der Waals surface area (Å²) in [7, 11) is 0. The van der Waals surface area contributed by atoms with E-state index in [1.165, 1.54) is 11.1 Å². The summed E-state index contributed by atoms with van der Waals surface area (Å²) in [4.78, 5) is 12.0. The lowest BCUT2D eigenvalue weighted by molar-refractivity contribution is -0.120. The van der Waals surface area contributed by atoms with Gasteiger partial charge in [-0.15, -0.1) is 0 Å². The molecule has 3 nitrogen and oxygen atoms in total. The van der Waals surface area contributed by atoms with E-state index < -0.39 is 0 Å². The number of alkyl halides is 1. The van der Waals surface area contributed by atoms with Gasteiger partial charge in [-0.25, -0.2) is 0 Å². The molecule has 2 aromatic carbocycles. The minimum Gasteiger partial charge on any atom is -0.493 e. The van der Waals surface area contributed by atoms with Crippen LogP contribution >= 0.6 is 15.9 Å². The molecule has 0 atom stereocenters. The first kappa shape index (κ1) is 19.5. The molecule has 0 saturated carbocycles. The first-order valence-corrected chi connectivity index (χ1v) is 9.89. The summed E-state index contributed by atoms with van der Waals surface area (Å²) in [5.74, 6) is 0.907. The molecule has 0 heterocycles.